The molecule has 0 aliphatic rings. The molecule has 5 nitrogen and oxygen atoms in total. The predicted molar refractivity (Wildman–Crippen MR) is 80.2 cm³/mol. The van der Waals surface area contributed by atoms with Crippen LogP contribution in [0.3, 0.4) is 0 Å². The first-order valence-corrected chi connectivity index (χ1v) is 6.30. The lowest BCUT2D eigenvalue weighted by molar-refractivity contribution is 0.102. The van der Waals surface area contributed by atoms with Crippen molar-refractivity contribution in [1.82, 2.24) is 4.98 Å². The number of aliphatic hydroxyl groups is 1. The number of anilines is 1. The Kier molecular flexibility index (Phi) is 4.54. The number of amides is 1. The molecule has 0 fully saturated rings. The van der Waals surface area contributed by atoms with Crippen LogP contribution in [0.5, 0.6) is 0 Å². The van der Waals surface area contributed by atoms with Gasteiger partial charge in [-0.3, -0.25) is 9.59 Å². The predicted octanol–water partition coefficient (Wildman–Crippen LogP) is 1.28. The highest BCUT2D eigenvalue weighted by Crippen LogP contribution is 2.15. The zero-order chi connectivity index (χ0) is 15.2. The Hall–Kier alpha value is -2.84. The molecule has 0 saturated heterocycles. The first-order chi connectivity index (χ1) is 10.1. The highest BCUT2D eigenvalue weighted by molar-refractivity contribution is 6.04. The van der Waals surface area contributed by atoms with Crippen LogP contribution in [0.4, 0.5) is 5.69 Å². The molecule has 106 valence electrons. The fourth-order valence-corrected chi connectivity index (χ4v) is 1.77. The molecular formula is C16H14N2O3. The minimum Gasteiger partial charge on any atom is -0.384 e. The number of aliphatic hydroxyl groups excluding tert-OH is 1. The molecule has 2 rings (SSSR count). The minimum atomic E-state index is -0.306. The van der Waals surface area contributed by atoms with Crippen LogP contribution in [0.2, 0.25) is 0 Å². The lowest BCUT2D eigenvalue weighted by atomic mass is 10.1. The summed E-state index contributed by atoms with van der Waals surface area (Å²) in [5.41, 5.74) is 2.45. The van der Waals surface area contributed by atoms with Crippen molar-refractivity contribution >= 4 is 11.6 Å². The number of aryl methyl sites for hydroxylation is 1. The average molecular weight is 282 g/mol. The number of rotatable bonds is 2. The molecule has 5 heteroatoms. The molecule has 0 aliphatic carbocycles. The number of hydrogen-bond acceptors (Lipinski definition) is 3. The second kappa shape index (κ2) is 6.55. The normalized spacial score (nSPS) is 9.62. The molecule has 0 radical (unpaired) electrons. The highest BCUT2D eigenvalue weighted by Gasteiger charge is 2.06. The van der Waals surface area contributed by atoms with E-state index in [1.165, 1.54) is 18.3 Å². The minimum absolute atomic E-state index is 0.190. The lowest BCUT2D eigenvalue weighted by Gasteiger charge is -2.07. The molecule has 0 spiro atoms. The third-order valence-electron chi connectivity index (χ3n) is 2.83. The number of aromatic amines is 1. The van der Waals surface area contributed by atoms with E-state index < -0.39 is 0 Å². The van der Waals surface area contributed by atoms with E-state index in [2.05, 4.69) is 22.1 Å². The van der Waals surface area contributed by atoms with Gasteiger partial charge in [0.25, 0.3) is 5.91 Å². The number of aromatic nitrogens is 1. The monoisotopic (exact) mass is 282 g/mol. The Labute approximate surface area is 121 Å². The van der Waals surface area contributed by atoms with Gasteiger partial charge in [0.2, 0.25) is 5.56 Å². The van der Waals surface area contributed by atoms with Crippen LogP contribution in [0, 0.1) is 18.8 Å². The van der Waals surface area contributed by atoms with Gasteiger partial charge in [-0.15, -0.1) is 0 Å². The van der Waals surface area contributed by atoms with Crippen molar-refractivity contribution in [2.45, 2.75) is 6.92 Å². The number of carbonyl (C=O) groups excluding carboxylic acids is 1. The molecular weight excluding hydrogens is 268 g/mol. The van der Waals surface area contributed by atoms with E-state index in [0.29, 0.717) is 11.3 Å². The Morgan fingerprint density at radius 1 is 1.33 bits per heavy atom. The topological polar surface area (TPSA) is 82.2 Å². The van der Waals surface area contributed by atoms with Gasteiger partial charge in [-0.05, 0) is 36.8 Å². The van der Waals surface area contributed by atoms with Crippen LogP contribution in [0.1, 0.15) is 21.5 Å². The van der Waals surface area contributed by atoms with E-state index in [4.69, 9.17) is 5.11 Å². The maximum atomic E-state index is 12.0. The molecule has 2 aromatic rings. The van der Waals surface area contributed by atoms with Crippen molar-refractivity contribution < 1.29 is 9.90 Å². The molecule has 1 aromatic carbocycles. The number of pyridine rings is 1. The van der Waals surface area contributed by atoms with Crippen LogP contribution in [0.25, 0.3) is 0 Å². The summed E-state index contributed by atoms with van der Waals surface area (Å²) < 4.78 is 0. The van der Waals surface area contributed by atoms with Crippen molar-refractivity contribution in [1.29, 1.82) is 0 Å². The summed E-state index contributed by atoms with van der Waals surface area (Å²) in [6, 6.07) is 8.07. The third kappa shape index (κ3) is 3.81. The van der Waals surface area contributed by atoms with E-state index in [-0.39, 0.29) is 18.1 Å². The number of carbonyl (C=O) groups is 1. The summed E-state index contributed by atoms with van der Waals surface area (Å²) >= 11 is 0. The summed E-state index contributed by atoms with van der Waals surface area (Å²) in [6.07, 6.45) is 1.37. The van der Waals surface area contributed by atoms with Crippen molar-refractivity contribution in [3.8, 4) is 11.8 Å². The summed E-state index contributed by atoms with van der Waals surface area (Å²) in [5, 5.41) is 11.4. The van der Waals surface area contributed by atoms with E-state index in [0.717, 1.165) is 11.1 Å². The van der Waals surface area contributed by atoms with Crippen molar-refractivity contribution in [2.24, 2.45) is 0 Å². The molecule has 1 amide bonds. The van der Waals surface area contributed by atoms with Crippen molar-refractivity contribution in [3.63, 3.8) is 0 Å². The highest BCUT2D eigenvalue weighted by atomic mass is 16.2. The Morgan fingerprint density at radius 2 is 2.14 bits per heavy atom. The first kappa shape index (κ1) is 14.6. The molecule has 0 unspecified atom stereocenters. The smallest absolute Gasteiger partial charge is 0.257 e. The summed E-state index contributed by atoms with van der Waals surface area (Å²) in [6.45, 7) is 1.68. The van der Waals surface area contributed by atoms with E-state index >= 15 is 0 Å². The Balaban J connectivity index is 2.16. The summed E-state index contributed by atoms with van der Waals surface area (Å²) in [4.78, 5) is 25.4. The molecule has 0 saturated carbocycles. The quantitative estimate of drug-likeness (QED) is 0.726. The fraction of sp³-hybridized carbons (Fsp3) is 0.125. The van der Waals surface area contributed by atoms with Crippen LogP contribution in [-0.2, 0) is 0 Å². The maximum absolute atomic E-state index is 12.0. The first-order valence-electron chi connectivity index (χ1n) is 6.30. The summed E-state index contributed by atoms with van der Waals surface area (Å²) in [5.74, 6) is 5.10. The molecule has 0 bridgehead atoms. The summed E-state index contributed by atoms with van der Waals surface area (Å²) in [7, 11) is 0. The average Bonchev–Trinajstić information content (AvgIpc) is 2.47. The van der Waals surface area contributed by atoms with Gasteiger partial charge in [-0.2, -0.15) is 0 Å². The number of nitrogens with one attached hydrogen (secondary N) is 2. The molecule has 0 atom stereocenters. The van der Waals surface area contributed by atoms with Crippen LogP contribution in [-0.4, -0.2) is 22.6 Å². The second-order valence-electron chi connectivity index (χ2n) is 4.39. The van der Waals surface area contributed by atoms with Gasteiger partial charge >= 0.3 is 0 Å². The van der Waals surface area contributed by atoms with Gasteiger partial charge < -0.3 is 15.4 Å². The molecule has 21 heavy (non-hydrogen) atoms. The zero-order valence-electron chi connectivity index (χ0n) is 11.4. The third-order valence-corrected chi connectivity index (χ3v) is 2.83. The van der Waals surface area contributed by atoms with Gasteiger partial charge in [-0.1, -0.05) is 11.8 Å². The largest absolute Gasteiger partial charge is 0.384 e. The van der Waals surface area contributed by atoms with Crippen molar-refractivity contribution in [2.75, 3.05) is 11.9 Å². The fourth-order valence-electron chi connectivity index (χ4n) is 1.77. The number of hydrogen-bond donors (Lipinski definition) is 3. The van der Waals surface area contributed by atoms with Crippen molar-refractivity contribution in [3.05, 3.63) is 63.6 Å². The van der Waals surface area contributed by atoms with Crippen LogP contribution < -0.4 is 10.9 Å². The van der Waals surface area contributed by atoms with Gasteiger partial charge in [0, 0.05) is 23.5 Å². The SMILES string of the molecule is Cc1cc(NC(=O)c2ccc(=O)[nH]c2)ccc1C#CCO. The van der Waals surface area contributed by atoms with E-state index in [1.54, 1.807) is 18.2 Å². The van der Waals surface area contributed by atoms with Gasteiger partial charge in [-0.25, -0.2) is 0 Å². The lowest BCUT2D eigenvalue weighted by Crippen LogP contribution is -2.14. The number of H-pyrrole nitrogens is 1. The number of benzene rings is 1. The Bertz CT molecular complexity index is 762. The van der Waals surface area contributed by atoms with E-state index in [1.807, 2.05) is 6.92 Å². The van der Waals surface area contributed by atoms with Gasteiger partial charge in [0.15, 0.2) is 0 Å². The molecule has 3 N–H and O–H groups in total. The molecule has 0 aliphatic heterocycles. The maximum Gasteiger partial charge on any atom is 0.257 e. The van der Waals surface area contributed by atoms with Gasteiger partial charge in [0.05, 0.1) is 5.56 Å². The van der Waals surface area contributed by atoms with E-state index in [9.17, 15) is 9.59 Å². The molecule has 1 heterocycles. The molecule has 1 aromatic heterocycles. The van der Waals surface area contributed by atoms with Crippen LogP contribution in [0.15, 0.2) is 41.3 Å². The second-order valence-corrected chi connectivity index (χ2v) is 4.39. The zero-order valence-corrected chi connectivity index (χ0v) is 11.4. The standard InChI is InChI=1S/C16H14N2O3/c1-11-9-14(6-4-12(11)3-2-8-19)18-16(21)13-5-7-15(20)17-10-13/h4-7,9-10,19H,8H2,1H3,(H,17,20)(H,18,21). The van der Waals surface area contributed by atoms with Crippen LogP contribution >= 0.6 is 0 Å². The Morgan fingerprint density at radius 3 is 2.76 bits per heavy atom. The van der Waals surface area contributed by atoms with Gasteiger partial charge in [0.1, 0.15) is 6.61 Å².